The topological polar surface area (TPSA) is 26.7 Å². The van der Waals surface area contributed by atoms with Crippen molar-refractivity contribution in [2.75, 3.05) is 7.05 Å². The molecule has 3 heteroatoms. The lowest BCUT2D eigenvalue weighted by molar-refractivity contribution is -0.251. The zero-order chi connectivity index (χ0) is 19.3. The fourth-order valence-electron chi connectivity index (χ4n) is 6.16. The second-order valence-corrected chi connectivity index (χ2v) is 11.6. The van der Waals surface area contributed by atoms with Crippen LogP contribution in [-0.4, -0.2) is 44.4 Å². The molecule has 0 amide bonds. The quantitative estimate of drug-likeness (QED) is 0.701. The molecule has 0 spiro atoms. The molecule has 2 aliphatic heterocycles. The van der Waals surface area contributed by atoms with Gasteiger partial charge in [-0.15, -0.1) is 0 Å². The average Bonchev–Trinajstić information content (AvgIpc) is 2.41. The number of rotatable bonds is 4. The van der Waals surface area contributed by atoms with Crippen molar-refractivity contribution < 1.29 is 5.21 Å². The Morgan fingerprint density at radius 1 is 0.680 bits per heavy atom. The minimum Gasteiger partial charge on any atom is -0.313 e. The van der Waals surface area contributed by atoms with Crippen molar-refractivity contribution in [3.63, 3.8) is 0 Å². The van der Waals surface area contributed by atoms with E-state index < -0.39 is 0 Å². The Morgan fingerprint density at radius 2 is 1.00 bits per heavy atom. The Balaban J connectivity index is 1.89. The molecule has 0 aliphatic carbocycles. The van der Waals surface area contributed by atoms with E-state index in [9.17, 15) is 5.21 Å². The predicted molar refractivity (Wildman–Crippen MR) is 107 cm³/mol. The summed E-state index contributed by atoms with van der Waals surface area (Å²) < 4.78 is 0. The monoisotopic (exact) mass is 352 g/mol. The lowest BCUT2D eigenvalue weighted by atomic mass is 9.71. The normalized spacial score (nSPS) is 30.5. The lowest BCUT2D eigenvalue weighted by Crippen LogP contribution is -2.59. The molecule has 0 saturated carbocycles. The average molecular weight is 353 g/mol. The predicted octanol–water partition coefficient (Wildman–Crippen LogP) is 5.71. The number of nitrogens with zero attached hydrogens (tertiary/aromatic N) is 2. The summed E-state index contributed by atoms with van der Waals surface area (Å²) in [5, 5.41) is 12.1. The largest absolute Gasteiger partial charge is 0.313 e. The van der Waals surface area contributed by atoms with Gasteiger partial charge in [0, 0.05) is 22.2 Å². The van der Waals surface area contributed by atoms with Crippen molar-refractivity contribution in [3.05, 3.63) is 0 Å². The molecular formula is C22H44N2O. The summed E-state index contributed by atoms with van der Waals surface area (Å²) in [5.41, 5.74) is 0.394. The first-order valence-corrected chi connectivity index (χ1v) is 10.4. The van der Waals surface area contributed by atoms with E-state index in [4.69, 9.17) is 0 Å². The summed E-state index contributed by atoms with van der Waals surface area (Å²) >= 11 is 0. The third-order valence-corrected chi connectivity index (χ3v) is 7.34. The number of hydroxylamine groups is 2. The van der Waals surface area contributed by atoms with E-state index in [1.807, 2.05) is 0 Å². The fourth-order valence-corrected chi connectivity index (χ4v) is 6.16. The van der Waals surface area contributed by atoms with Crippen LogP contribution in [0.3, 0.4) is 0 Å². The highest BCUT2D eigenvalue weighted by Gasteiger charge is 2.45. The number of hydrogen-bond acceptors (Lipinski definition) is 3. The number of piperidine rings is 2. The van der Waals surface area contributed by atoms with E-state index in [-0.39, 0.29) is 11.1 Å². The van der Waals surface area contributed by atoms with Crippen LogP contribution in [0.25, 0.3) is 0 Å². The minimum absolute atomic E-state index is 0.107. The van der Waals surface area contributed by atoms with Crippen LogP contribution >= 0.6 is 0 Å². The molecule has 3 nitrogen and oxygen atoms in total. The van der Waals surface area contributed by atoms with E-state index in [0.29, 0.717) is 11.1 Å². The van der Waals surface area contributed by atoms with Crippen molar-refractivity contribution in [1.82, 2.24) is 9.96 Å². The summed E-state index contributed by atoms with van der Waals surface area (Å²) in [7, 11) is 2.29. The van der Waals surface area contributed by atoms with E-state index in [2.05, 4.69) is 67.3 Å². The van der Waals surface area contributed by atoms with Crippen molar-refractivity contribution >= 4 is 0 Å². The molecule has 148 valence electrons. The summed E-state index contributed by atoms with van der Waals surface area (Å²) in [5.74, 6) is 1.58. The maximum Gasteiger partial charge on any atom is 0.0413 e. The molecule has 0 aromatic heterocycles. The molecule has 0 bridgehead atoms. The standard InChI is InChI=1S/C22H44N2O/c1-19(2)13-17(14-20(3,4)23(19)9)11-10-12-18-15-21(5,6)24(25)22(7,8)16-18/h17-18,25H,10-16H2,1-9H3. The van der Waals surface area contributed by atoms with Gasteiger partial charge in [0.15, 0.2) is 0 Å². The number of likely N-dealkylation sites (tertiary alicyclic amines) is 1. The fraction of sp³-hybridized carbons (Fsp3) is 1.00. The first-order valence-electron chi connectivity index (χ1n) is 10.4. The Labute approximate surface area is 157 Å². The van der Waals surface area contributed by atoms with Gasteiger partial charge in [0.1, 0.15) is 0 Å². The van der Waals surface area contributed by atoms with E-state index in [1.54, 1.807) is 5.06 Å². The van der Waals surface area contributed by atoms with Crippen molar-refractivity contribution in [2.24, 2.45) is 11.8 Å². The maximum absolute atomic E-state index is 10.5. The van der Waals surface area contributed by atoms with Crippen LogP contribution in [0.5, 0.6) is 0 Å². The van der Waals surface area contributed by atoms with E-state index in [0.717, 1.165) is 24.7 Å². The van der Waals surface area contributed by atoms with Crippen LogP contribution in [0, 0.1) is 11.8 Å². The van der Waals surface area contributed by atoms with Gasteiger partial charge in [0.2, 0.25) is 0 Å². The second-order valence-electron chi connectivity index (χ2n) is 11.6. The van der Waals surface area contributed by atoms with E-state index in [1.165, 1.54) is 32.1 Å². The first kappa shape index (κ1) is 21.2. The maximum atomic E-state index is 10.5. The van der Waals surface area contributed by atoms with Crippen LogP contribution in [0.1, 0.15) is 100 Å². The van der Waals surface area contributed by atoms with Gasteiger partial charge >= 0.3 is 0 Å². The zero-order valence-electron chi connectivity index (χ0n) is 18.4. The highest BCUT2D eigenvalue weighted by atomic mass is 16.5. The molecule has 0 aromatic rings. The Morgan fingerprint density at radius 3 is 1.36 bits per heavy atom. The van der Waals surface area contributed by atoms with Crippen molar-refractivity contribution in [1.29, 1.82) is 0 Å². The van der Waals surface area contributed by atoms with Crippen LogP contribution in [0.2, 0.25) is 0 Å². The summed E-state index contributed by atoms with van der Waals surface area (Å²) in [6, 6.07) is 0. The van der Waals surface area contributed by atoms with Crippen LogP contribution < -0.4 is 0 Å². The Hall–Kier alpha value is -0.120. The van der Waals surface area contributed by atoms with Crippen LogP contribution in [0.4, 0.5) is 0 Å². The third kappa shape index (κ3) is 4.59. The molecule has 2 saturated heterocycles. The summed E-state index contributed by atoms with van der Waals surface area (Å²) in [4.78, 5) is 2.58. The molecule has 0 aromatic carbocycles. The Bertz CT molecular complexity index is 389. The smallest absolute Gasteiger partial charge is 0.0413 e. The van der Waals surface area contributed by atoms with Crippen LogP contribution in [-0.2, 0) is 0 Å². The van der Waals surface area contributed by atoms with Crippen molar-refractivity contribution in [3.8, 4) is 0 Å². The molecule has 0 unspecified atom stereocenters. The van der Waals surface area contributed by atoms with Gasteiger partial charge in [-0.05, 0) is 100.0 Å². The molecule has 0 radical (unpaired) electrons. The highest BCUT2D eigenvalue weighted by Crippen LogP contribution is 2.44. The first-order chi connectivity index (χ1) is 11.2. The van der Waals surface area contributed by atoms with Gasteiger partial charge < -0.3 is 5.21 Å². The zero-order valence-corrected chi connectivity index (χ0v) is 18.4. The molecule has 2 heterocycles. The molecule has 25 heavy (non-hydrogen) atoms. The van der Waals surface area contributed by atoms with Gasteiger partial charge in [0.05, 0.1) is 0 Å². The molecule has 1 N–H and O–H groups in total. The van der Waals surface area contributed by atoms with E-state index >= 15 is 0 Å². The Kier molecular flexibility index (Phi) is 5.76. The molecule has 0 atom stereocenters. The highest BCUT2D eigenvalue weighted by molar-refractivity contribution is 4.99. The SMILES string of the molecule is CN1C(C)(C)CC(CCCC2CC(C)(C)N(O)C(C)(C)C2)CC1(C)C. The minimum atomic E-state index is -0.107. The van der Waals surface area contributed by atoms with Gasteiger partial charge in [0.25, 0.3) is 0 Å². The van der Waals surface area contributed by atoms with Gasteiger partial charge in [-0.1, -0.05) is 19.3 Å². The van der Waals surface area contributed by atoms with Crippen LogP contribution in [0.15, 0.2) is 0 Å². The molecule has 2 aliphatic rings. The second kappa shape index (κ2) is 6.80. The van der Waals surface area contributed by atoms with Gasteiger partial charge in [-0.25, -0.2) is 0 Å². The molecule has 2 rings (SSSR count). The summed E-state index contributed by atoms with van der Waals surface area (Å²) in [6.07, 6.45) is 8.87. The third-order valence-electron chi connectivity index (χ3n) is 7.34. The number of hydrogen-bond donors (Lipinski definition) is 1. The van der Waals surface area contributed by atoms with Gasteiger partial charge in [-0.3, -0.25) is 4.90 Å². The summed E-state index contributed by atoms with van der Waals surface area (Å²) in [6.45, 7) is 18.4. The van der Waals surface area contributed by atoms with Gasteiger partial charge in [-0.2, -0.15) is 5.06 Å². The molecule has 2 fully saturated rings. The lowest BCUT2D eigenvalue weighted by Gasteiger charge is -2.54. The van der Waals surface area contributed by atoms with Crippen molar-refractivity contribution in [2.45, 2.75) is 122 Å². The molecular weight excluding hydrogens is 308 g/mol.